The van der Waals surface area contributed by atoms with Gasteiger partial charge >= 0.3 is 5.97 Å². The maximum Gasteiger partial charge on any atom is 0.313 e. The summed E-state index contributed by atoms with van der Waals surface area (Å²) in [6.45, 7) is 0. The van der Waals surface area contributed by atoms with Gasteiger partial charge in [-0.3, -0.25) is 9.36 Å². The highest BCUT2D eigenvalue weighted by molar-refractivity contribution is 7.99. The molecule has 0 saturated carbocycles. The maximum atomic E-state index is 14.1. The van der Waals surface area contributed by atoms with Crippen LogP contribution in [0.25, 0.3) is 17.1 Å². The van der Waals surface area contributed by atoms with E-state index in [1.807, 2.05) is 0 Å². The van der Waals surface area contributed by atoms with Crippen molar-refractivity contribution in [1.29, 1.82) is 0 Å². The zero-order valence-electron chi connectivity index (χ0n) is 12.2. The van der Waals surface area contributed by atoms with E-state index in [0.29, 0.717) is 5.69 Å². The minimum absolute atomic E-state index is 0.215. The quantitative estimate of drug-likeness (QED) is 0.717. The molecular weight excluding hydrogens is 336 g/mol. The molecule has 0 spiro atoms. The summed E-state index contributed by atoms with van der Waals surface area (Å²) in [5, 5.41) is 17.1. The highest BCUT2D eigenvalue weighted by atomic mass is 32.2. The number of aliphatic carboxylic acids is 1. The zero-order chi connectivity index (χ0) is 17.1. The fraction of sp³-hybridized carbons (Fsp3) is 0.0625. The molecule has 1 N–H and O–H groups in total. The highest BCUT2D eigenvalue weighted by Crippen LogP contribution is 2.29. The summed E-state index contributed by atoms with van der Waals surface area (Å²) >= 11 is 0.949. The van der Waals surface area contributed by atoms with Crippen LogP contribution in [0.15, 0.2) is 53.7 Å². The second kappa shape index (κ2) is 6.79. The van der Waals surface area contributed by atoms with E-state index < -0.39 is 17.6 Å². The number of carbonyl (C=O) groups is 1. The molecule has 24 heavy (non-hydrogen) atoms. The minimum Gasteiger partial charge on any atom is -0.481 e. The van der Waals surface area contributed by atoms with Crippen molar-refractivity contribution in [1.82, 2.24) is 14.8 Å². The molecule has 0 aliphatic rings. The van der Waals surface area contributed by atoms with Gasteiger partial charge < -0.3 is 5.11 Å². The Labute approximate surface area is 140 Å². The number of rotatable bonds is 5. The fourth-order valence-electron chi connectivity index (χ4n) is 2.13. The average Bonchev–Trinajstić information content (AvgIpc) is 2.98. The van der Waals surface area contributed by atoms with E-state index in [4.69, 9.17) is 5.11 Å². The van der Waals surface area contributed by atoms with E-state index >= 15 is 0 Å². The summed E-state index contributed by atoms with van der Waals surface area (Å²) in [5.74, 6) is -1.92. The van der Waals surface area contributed by atoms with Crippen LogP contribution in [-0.2, 0) is 4.79 Å². The second-order valence-corrected chi connectivity index (χ2v) is 5.72. The number of carboxylic acids is 1. The van der Waals surface area contributed by atoms with Gasteiger partial charge in [0.05, 0.1) is 11.3 Å². The Morgan fingerprint density at radius 2 is 1.79 bits per heavy atom. The predicted molar refractivity (Wildman–Crippen MR) is 85.1 cm³/mol. The van der Waals surface area contributed by atoms with Crippen LogP contribution in [0.3, 0.4) is 0 Å². The third kappa shape index (κ3) is 3.28. The molecule has 5 nitrogen and oxygen atoms in total. The Hall–Kier alpha value is -2.74. The fourth-order valence-corrected chi connectivity index (χ4v) is 2.80. The van der Waals surface area contributed by atoms with Gasteiger partial charge in [0, 0.05) is 5.69 Å². The molecule has 0 saturated heterocycles. The summed E-state index contributed by atoms with van der Waals surface area (Å²) < 4.78 is 28.8. The first kappa shape index (κ1) is 16.1. The molecule has 122 valence electrons. The number of hydrogen-bond acceptors (Lipinski definition) is 4. The molecular formula is C16H11F2N3O2S. The van der Waals surface area contributed by atoms with Crippen LogP contribution in [0.5, 0.6) is 0 Å². The lowest BCUT2D eigenvalue weighted by Gasteiger charge is -2.10. The van der Waals surface area contributed by atoms with Crippen LogP contribution >= 0.6 is 11.8 Å². The van der Waals surface area contributed by atoms with Gasteiger partial charge in [0.1, 0.15) is 11.6 Å². The van der Waals surface area contributed by atoms with Crippen molar-refractivity contribution < 1.29 is 18.7 Å². The molecule has 0 aliphatic heterocycles. The first-order valence-electron chi connectivity index (χ1n) is 6.87. The van der Waals surface area contributed by atoms with Crippen LogP contribution in [0.4, 0.5) is 8.78 Å². The molecule has 0 fully saturated rings. The first-order valence-corrected chi connectivity index (χ1v) is 7.85. The van der Waals surface area contributed by atoms with Gasteiger partial charge in [-0.2, -0.15) is 0 Å². The molecule has 3 rings (SSSR count). The van der Waals surface area contributed by atoms with Crippen molar-refractivity contribution >= 4 is 17.7 Å². The predicted octanol–water partition coefficient (Wildman–Crippen LogP) is 3.39. The summed E-state index contributed by atoms with van der Waals surface area (Å²) in [4.78, 5) is 10.8. The van der Waals surface area contributed by atoms with Gasteiger partial charge in [0.15, 0.2) is 11.0 Å². The van der Waals surface area contributed by atoms with Crippen molar-refractivity contribution in [2.45, 2.75) is 5.16 Å². The number of nitrogens with zero attached hydrogens (tertiary/aromatic N) is 3. The standard InChI is InChI=1S/C16H11F2N3O2S/c17-10-5-7-11(8-6-10)21-15(12-3-1-2-4-13(12)18)19-20-16(21)24-9-14(22)23/h1-8H,9H2,(H,22,23). The van der Waals surface area contributed by atoms with Crippen LogP contribution in [0.2, 0.25) is 0 Å². The SMILES string of the molecule is O=C(O)CSc1nnc(-c2ccccc2F)n1-c1ccc(F)cc1. The normalized spacial score (nSPS) is 10.8. The molecule has 0 amide bonds. The molecule has 0 bridgehead atoms. The average molecular weight is 347 g/mol. The number of halogens is 2. The number of carboxylic acid groups (broad SMARTS) is 1. The molecule has 1 heterocycles. The van der Waals surface area contributed by atoms with Gasteiger partial charge in [0.2, 0.25) is 0 Å². The molecule has 0 atom stereocenters. The van der Waals surface area contributed by atoms with Gasteiger partial charge in [-0.1, -0.05) is 23.9 Å². The molecule has 3 aromatic rings. The van der Waals surface area contributed by atoms with Crippen molar-refractivity contribution in [3.05, 3.63) is 60.2 Å². The van der Waals surface area contributed by atoms with Gasteiger partial charge in [-0.25, -0.2) is 8.78 Å². The van der Waals surface area contributed by atoms with Crippen molar-refractivity contribution in [2.24, 2.45) is 0 Å². The third-order valence-corrected chi connectivity index (χ3v) is 4.07. The largest absolute Gasteiger partial charge is 0.481 e. The lowest BCUT2D eigenvalue weighted by molar-refractivity contribution is -0.133. The third-order valence-electron chi connectivity index (χ3n) is 3.16. The van der Waals surface area contributed by atoms with E-state index in [-0.39, 0.29) is 22.3 Å². The number of aromatic nitrogens is 3. The Kier molecular flexibility index (Phi) is 4.57. The second-order valence-electron chi connectivity index (χ2n) is 4.78. The lowest BCUT2D eigenvalue weighted by Crippen LogP contribution is -2.03. The Bertz CT molecular complexity index is 881. The van der Waals surface area contributed by atoms with E-state index in [0.717, 1.165) is 11.8 Å². The highest BCUT2D eigenvalue weighted by Gasteiger charge is 2.19. The smallest absolute Gasteiger partial charge is 0.313 e. The Morgan fingerprint density at radius 1 is 1.08 bits per heavy atom. The molecule has 8 heteroatoms. The number of hydrogen-bond donors (Lipinski definition) is 1. The van der Waals surface area contributed by atoms with Crippen LogP contribution in [-0.4, -0.2) is 31.6 Å². The topological polar surface area (TPSA) is 68.0 Å². The van der Waals surface area contributed by atoms with Gasteiger partial charge in [-0.15, -0.1) is 10.2 Å². The first-order chi connectivity index (χ1) is 11.6. The van der Waals surface area contributed by atoms with Crippen LogP contribution in [0, 0.1) is 11.6 Å². The Morgan fingerprint density at radius 3 is 2.46 bits per heavy atom. The van der Waals surface area contributed by atoms with Gasteiger partial charge in [-0.05, 0) is 36.4 Å². The van der Waals surface area contributed by atoms with Crippen molar-refractivity contribution in [3.63, 3.8) is 0 Å². The lowest BCUT2D eigenvalue weighted by atomic mass is 10.2. The molecule has 0 aliphatic carbocycles. The van der Waals surface area contributed by atoms with E-state index in [9.17, 15) is 13.6 Å². The summed E-state index contributed by atoms with van der Waals surface area (Å²) in [5.41, 5.74) is 0.726. The van der Waals surface area contributed by atoms with Crippen LogP contribution < -0.4 is 0 Å². The van der Waals surface area contributed by atoms with Gasteiger partial charge in [0.25, 0.3) is 0 Å². The van der Waals surface area contributed by atoms with E-state index in [1.54, 1.807) is 18.2 Å². The summed E-state index contributed by atoms with van der Waals surface area (Å²) in [6, 6.07) is 11.6. The number of benzene rings is 2. The van der Waals surface area contributed by atoms with E-state index in [1.165, 1.54) is 34.9 Å². The molecule has 1 aromatic heterocycles. The van der Waals surface area contributed by atoms with Crippen molar-refractivity contribution in [3.8, 4) is 17.1 Å². The van der Waals surface area contributed by atoms with Crippen molar-refractivity contribution in [2.75, 3.05) is 5.75 Å². The molecule has 2 aromatic carbocycles. The molecule has 0 radical (unpaired) electrons. The molecule has 0 unspecified atom stereocenters. The summed E-state index contributed by atoms with van der Waals surface area (Å²) in [6.07, 6.45) is 0. The number of thioether (sulfide) groups is 1. The summed E-state index contributed by atoms with van der Waals surface area (Å²) in [7, 11) is 0. The monoisotopic (exact) mass is 347 g/mol. The zero-order valence-corrected chi connectivity index (χ0v) is 13.0. The van der Waals surface area contributed by atoms with Crippen LogP contribution in [0.1, 0.15) is 0 Å². The maximum absolute atomic E-state index is 14.1. The minimum atomic E-state index is -1.01. The van der Waals surface area contributed by atoms with E-state index in [2.05, 4.69) is 10.2 Å². The Balaban J connectivity index is 2.14.